The highest BCUT2D eigenvalue weighted by atomic mass is 19.1. The van der Waals surface area contributed by atoms with E-state index in [9.17, 15) is 4.79 Å². The highest BCUT2D eigenvalue weighted by Gasteiger charge is 2.17. The average molecular weight is 616 g/mol. The van der Waals surface area contributed by atoms with Crippen LogP contribution in [0.2, 0.25) is 0 Å². The number of para-hydroxylation sites is 2. The van der Waals surface area contributed by atoms with Crippen molar-refractivity contribution in [1.29, 1.82) is 0 Å². The summed E-state index contributed by atoms with van der Waals surface area (Å²) in [7, 11) is 2.96. The second kappa shape index (κ2) is 12.5. The van der Waals surface area contributed by atoms with Crippen molar-refractivity contribution < 1.29 is 27.8 Å². The standard InChI is InChI=1S/C37H30FN3O5/c1-43-18-17-41-32-20-25(37(42)44-2)15-16-31(32)39-34(41)21-23-13-14-24(19-29(23)38)30-10-6-12-35(40-30)45-22-26-7-5-9-28-27-8-3-4-11-33(27)46-36(26)28/h3-16,19-20H,17-18,21-22H2,1-2H3. The molecule has 7 aromatic rings. The van der Waals surface area contributed by atoms with Crippen LogP contribution >= 0.6 is 0 Å². The number of furan rings is 1. The minimum absolute atomic E-state index is 0.252. The summed E-state index contributed by atoms with van der Waals surface area (Å²) in [6, 6.07) is 29.7. The molecule has 4 aromatic carbocycles. The first-order valence-electron chi connectivity index (χ1n) is 14.9. The van der Waals surface area contributed by atoms with Gasteiger partial charge in [0.2, 0.25) is 5.88 Å². The summed E-state index contributed by atoms with van der Waals surface area (Å²) in [6.45, 7) is 1.19. The smallest absolute Gasteiger partial charge is 0.337 e. The van der Waals surface area contributed by atoms with E-state index in [4.69, 9.17) is 23.6 Å². The molecule has 0 unspecified atom stereocenters. The Morgan fingerprint density at radius 1 is 0.870 bits per heavy atom. The van der Waals surface area contributed by atoms with Crippen LogP contribution in [0.1, 0.15) is 27.3 Å². The predicted octanol–water partition coefficient (Wildman–Crippen LogP) is 7.74. The van der Waals surface area contributed by atoms with Crippen molar-refractivity contribution in [2.75, 3.05) is 20.8 Å². The van der Waals surface area contributed by atoms with Gasteiger partial charge in [-0.2, -0.15) is 0 Å². The molecule has 9 heteroatoms. The van der Waals surface area contributed by atoms with Crippen molar-refractivity contribution >= 4 is 38.9 Å². The van der Waals surface area contributed by atoms with Crippen molar-refractivity contribution in [3.05, 3.63) is 125 Å². The van der Waals surface area contributed by atoms with Crippen LogP contribution in [0.3, 0.4) is 0 Å². The Kier molecular flexibility index (Phi) is 7.90. The second-order valence-electron chi connectivity index (χ2n) is 10.9. The van der Waals surface area contributed by atoms with Crippen LogP contribution in [0.5, 0.6) is 5.88 Å². The molecule has 0 aliphatic rings. The monoisotopic (exact) mass is 615 g/mol. The third-order valence-electron chi connectivity index (χ3n) is 8.05. The number of carbonyl (C=O) groups excluding carboxylic acids is 1. The third kappa shape index (κ3) is 5.57. The lowest BCUT2D eigenvalue weighted by Gasteiger charge is -2.11. The Balaban J connectivity index is 1.12. The van der Waals surface area contributed by atoms with E-state index >= 15 is 4.39 Å². The summed E-state index contributed by atoms with van der Waals surface area (Å²) in [4.78, 5) is 21.5. The zero-order valence-corrected chi connectivity index (χ0v) is 25.3. The van der Waals surface area contributed by atoms with Crippen molar-refractivity contribution in [2.24, 2.45) is 0 Å². The summed E-state index contributed by atoms with van der Waals surface area (Å²) in [5.74, 6) is 0.279. The highest BCUT2D eigenvalue weighted by molar-refractivity contribution is 6.05. The van der Waals surface area contributed by atoms with E-state index in [1.165, 1.54) is 13.2 Å². The lowest BCUT2D eigenvalue weighted by molar-refractivity contribution is 0.0601. The van der Waals surface area contributed by atoms with Gasteiger partial charge in [0, 0.05) is 48.0 Å². The van der Waals surface area contributed by atoms with E-state index in [0.29, 0.717) is 52.8 Å². The Hall–Kier alpha value is -5.54. The van der Waals surface area contributed by atoms with Crippen LogP contribution in [0, 0.1) is 5.82 Å². The maximum atomic E-state index is 15.6. The molecule has 230 valence electrons. The molecule has 0 N–H and O–H groups in total. The average Bonchev–Trinajstić information content (AvgIpc) is 3.64. The van der Waals surface area contributed by atoms with Gasteiger partial charge < -0.3 is 23.2 Å². The van der Waals surface area contributed by atoms with Gasteiger partial charge in [0.05, 0.1) is 36.0 Å². The Morgan fingerprint density at radius 2 is 1.72 bits per heavy atom. The molecule has 7 rings (SSSR count). The van der Waals surface area contributed by atoms with E-state index in [1.807, 2.05) is 65.2 Å². The molecule has 0 amide bonds. The molecule has 0 radical (unpaired) electrons. The zero-order valence-electron chi connectivity index (χ0n) is 25.3. The Morgan fingerprint density at radius 3 is 2.57 bits per heavy atom. The number of rotatable bonds is 10. The van der Waals surface area contributed by atoms with Crippen molar-refractivity contribution in [3.8, 4) is 17.1 Å². The van der Waals surface area contributed by atoms with Crippen LogP contribution in [0.4, 0.5) is 4.39 Å². The van der Waals surface area contributed by atoms with Crippen LogP contribution in [-0.4, -0.2) is 41.3 Å². The van der Waals surface area contributed by atoms with Crippen LogP contribution in [-0.2, 0) is 29.0 Å². The fraction of sp³-hybridized carbons (Fsp3) is 0.162. The molecule has 0 saturated heterocycles. The molecule has 0 atom stereocenters. The first kappa shape index (κ1) is 29.2. The van der Waals surface area contributed by atoms with Crippen molar-refractivity contribution in [3.63, 3.8) is 0 Å². The molecule has 46 heavy (non-hydrogen) atoms. The molecule has 3 aromatic heterocycles. The highest BCUT2D eigenvalue weighted by Crippen LogP contribution is 2.31. The number of esters is 1. The fourth-order valence-corrected chi connectivity index (χ4v) is 5.73. The number of fused-ring (bicyclic) bond motifs is 4. The lowest BCUT2D eigenvalue weighted by Crippen LogP contribution is -2.10. The molecule has 0 aliphatic carbocycles. The maximum absolute atomic E-state index is 15.6. The van der Waals surface area contributed by atoms with Gasteiger partial charge in [-0.15, -0.1) is 0 Å². The number of aromatic nitrogens is 3. The second-order valence-corrected chi connectivity index (χ2v) is 10.9. The Bertz CT molecular complexity index is 2220. The summed E-state index contributed by atoms with van der Waals surface area (Å²) < 4.78 is 39.9. The third-order valence-corrected chi connectivity index (χ3v) is 8.05. The topological polar surface area (TPSA) is 88.6 Å². The molecule has 0 saturated carbocycles. The van der Waals surface area contributed by atoms with Gasteiger partial charge in [-0.1, -0.05) is 54.6 Å². The number of nitrogens with zero attached hydrogens (tertiary/aromatic N) is 3. The molecule has 0 fully saturated rings. The molecule has 0 aliphatic heterocycles. The number of carbonyl (C=O) groups is 1. The van der Waals surface area contributed by atoms with Crippen LogP contribution < -0.4 is 4.74 Å². The molecule has 0 bridgehead atoms. The van der Waals surface area contributed by atoms with E-state index in [0.717, 1.165) is 33.0 Å². The van der Waals surface area contributed by atoms with Crippen molar-refractivity contribution in [1.82, 2.24) is 14.5 Å². The largest absolute Gasteiger partial charge is 0.473 e. The number of halogens is 1. The van der Waals surface area contributed by atoms with E-state index < -0.39 is 5.97 Å². The minimum Gasteiger partial charge on any atom is -0.473 e. The number of hydrogen-bond acceptors (Lipinski definition) is 7. The number of ether oxygens (including phenoxy) is 3. The quantitative estimate of drug-likeness (QED) is 0.145. The van der Waals surface area contributed by atoms with E-state index in [1.54, 1.807) is 37.4 Å². The van der Waals surface area contributed by atoms with Crippen LogP contribution in [0.25, 0.3) is 44.2 Å². The van der Waals surface area contributed by atoms with Gasteiger partial charge in [-0.3, -0.25) is 0 Å². The number of hydrogen-bond donors (Lipinski definition) is 0. The predicted molar refractivity (Wildman–Crippen MR) is 173 cm³/mol. The van der Waals surface area contributed by atoms with Gasteiger partial charge in [-0.25, -0.2) is 19.2 Å². The molecular formula is C37H30FN3O5. The molecule has 3 heterocycles. The maximum Gasteiger partial charge on any atom is 0.337 e. The number of methoxy groups -OCH3 is 2. The molecule has 0 spiro atoms. The van der Waals surface area contributed by atoms with Gasteiger partial charge in [-0.05, 0) is 42.0 Å². The number of imidazole rings is 1. The summed E-state index contributed by atoms with van der Waals surface area (Å²) in [5, 5.41) is 2.10. The van der Waals surface area contributed by atoms with Gasteiger partial charge in [0.25, 0.3) is 0 Å². The number of pyridine rings is 1. The molecular weight excluding hydrogens is 585 g/mol. The van der Waals surface area contributed by atoms with Gasteiger partial charge in [0.1, 0.15) is 29.4 Å². The van der Waals surface area contributed by atoms with E-state index in [2.05, 4.69) is 4.98 Å². The summed E-state index contributed by atoms with van der Waals surface area (Å²) in [6.07, 6.45) is 0.252. The first-order chi connectivity index (χ1) is 22.5. The van der Waals surface area contributed by atoms with Gasteiger partial charge in [0.15, 0.2) is 0 Å². The fourth-order valence-electron chi connectivity index (χ4n) is 5.73. The SMILES string of the molecule is COCCn1c(Cc2ccc(-c3cccc(OCc4cccc5c4oc4ccccc45)n3)cc2F)nc2ccc(C(=O)OC)cc21. The number of benzene rings is 4. The van der Waals surface area contributed by atoms with Gasteiger partial charge >= 0.3 is 5.97 Å². The lowest BCUT2D eigenvalue weighted by atomic mass is 10.1. The van der Waals surface area contributed by atoms with Crippen molar-refractivity contribution in [2.45, 2.75) is 19.6 Å². The van der Waals surface area contributed by atoms with Crippen LogP contribution in [0.15, 0.2) is 101 Å². The Labute approximate surface area is 264 Å². The first-order valence-corrected chi connectivity index (χ1v) is 14.9. The van der Waals surface area contributed by atoms with E-state index in [-0.39, 0.29) is 18.8 Å². The minimum atomic E-state index is -0.434. The summed E-state index contributed by atoms with van der Waals surface area (Å²) >= 11 is 0. The normalized spacial score (nSPS) is 11.5. The zero-order chi connectivity index (χ0) is 31.6. The summed E-state index contributed by atoms with van der Waals surface area (Å²) in [5.41, 5.74) is 6.10. The molecule has 8 nitrogen and oxygen atoms in total.